The maximum absolute atomic E-state index is 3.37. The summed E-state index contributed by atoms with van der Waals surface area (Å²) in [5.41, 5.74) is 24.6. The molecule has 0 aromatic heterocycles. The molecule has 0 fully saturated rings. The van der Waals surface area contributed by atoms with Crippen LogP contribution in [0.2, 0.25) is 0 Å². The lowest BCUT2D eigenvalue weighted by atomic mass is 9.55. The Morgan fingerprint density at radius 1 is 0.449 bits per heavy atom. The highest BCUT2D eigenvalue weighted by atomic mass is 14.5. The zero-order valence-electron chi connectivity index (χ0n) is 28.6. The fourth-order valence-corrected chi connectivity index (χ4v) is 9.82. The maximum Gasteiger partial charge on any atom is 0.0719 e. The Hall–Kier alpha value is -5.42. The van der Waals surface area contributed by atoms with Crippen LogP contribution in [-0.4, -0.2) is 0 Å². The van der Waals surface area contributed by atoms with Crippen molar-refractivity contribution in [3.05, 3.63) is 207 Å². The van der Waals surface area contributed by atoms with E-state index in [9.17, 15) is 0 Å². The number of fused-ring (bicyclic) bond motifs is 12. The lowest BCUT2D eigenvalue weighted by Gasteiger charge is -2.46. The van der Waals surface area contributed by atoms with Gasteiger partial charge in [0.25, 0.3) is 0 Å². The monoisotopic (exact) mass is 626 g/mol. The van der Waals surface area contributed by atoms with Crippen molar-refractivity contribution < 1.29 is 0 Å². The van der Waals surface area contributed by atoms with Crippen LogP contribution in [0.3, 0.4) is 0 Å². The smallest absolute Gasteiger partial charge is 0.0719 e. The molecular formula is C49H38. The molecule has 0 saturated carbocycles. The summed E-state index contributed by atoms with van der Waals surface area (Å²) in [5, 5.41) is 0. The molecule has 0 amide bonds. The molecule has 234 valence electrons. The number of hydrogen-bond donors (Lipinski definition) is 0. The van der Waals surface area contributed by atoms with Gasteiger partial charge in [-0.1, -0.05) is 155 Å². The second kappa shape index (κ2) is 9.82. The van der Waals surface area contributed by atoms with Gasteiger partial charge in [-0.3, -0.25) is 0 Å². The van der Waals surface area contributed by atoms with Gasteiger partial charge in [0.15, 0.2) is 0 Å². The van der Waals surface area contributed by atoms with Gasteiger partial charge < -0.3 is 0 Å². The Bertz CT molecular complexity index is 2460. The van der Waals surface area contributed by atoms with Crippen molar-refractivity contribution in [1.29, 1.82) is 0 Å². The standard InChI is InChI=1S/C49H38/c1-47(2)41-17-9-11-19-43(41)49(44-20-12-10-18-42(44)47)39-16-8-7-15-35(39)38-29-33(23-26-40(38)49)34-22-25-37-36-24-21-32(27-31-13-5-6-14-31)28-45(36)48(3,4)46(37)30-34/h5-13,15-26,28-30H,27H2,1-4H3. The molecule has 0 unspecified atom stereocenters. The van der Waals surface area contributed by atoms with Crippen LogP contribution in [0.15, 0.2) is 157 Å². The third kappa shape index (κ3) is 3.70. The topological polar surface area (TPSA) is 0 Å². The van der Waals surface area contributed by atoms with Crippen molar-refractivity contribution in [1.82, 2.24) is 0 Å². The third-order valence-corrected chi connectivity index (χ3v) is 12.2. The molecule has 6 aromatic carbocycles. The molecule has 6 aromatic rings. The molecule has 0 N–H and O–H groups in total. The van der Waals surface area contributed by atoms with E-state index in [4.69, 9.17) is 0 Å². The fraction of sp³-hybridized carbons (Fsp3) is 0.163. The van der Waals surface area contributed by atoms with Gasteiger partial charge >= 0.3 is 0 Å². The van der Waals surface area contributed by atoms with Crippen molar-refractivity contribution >= 4 is 0 Å². The van der Waals surface area contributed by atoms with Gasteiger partial charge in [-0.2, -0.15) is 0 Å². The minimum absolute atomic E-state index is 0.0812. The second-order valence-electron chi connectivity index (χ2n) is 15.4. The van der Waals surface area contributed by atoms with Gasteiger partial charge in [0.1, 0.15) is 0 Å². The van der Waals surface area contributed by atoms with Crippen molar-refractivity contribution in [3.63, 3.8) is 0 Å². The number of benzene rings is 6. The first-order valence-electron chi connectivity index (χ1n) is 17.6. The fourth-order valence-electron chi connectivity index (χ4n) is 9.82. The quantitative estimate of drug-likeness (QED) is 0.171. The normalized spacial score (nSPS) is 17.2. The Labute approximate surface area is 289 Å². The molecule has 0 saturated heterocycles. The van der Waals surface area contributed by atoms with Crippen LogP contribution in [0.1, 0.15) is 77.8 Å². The van der Waals surface area contributed by atoms with Gasteiger partial charge in [-0.05, 0) is 107 Å². The molecule has 4 aliphatic rings. The van der Waals surface area contributed by atoms with Crippen molar-refractivity contribution in [2.45, 2.75) is 50.4 Å². The number of hydrogen-bond acceptors (Lipinski definition) is 0. The average molecular weight is 627 g/mol. The molecule has 4 aliphatic carbocycles. The zero-order chi connectivity index (χ0) is 33.1. The summed E-state index contributed by atoms with van der Waals surface area (Å²) in [6.07, 6.45) is 7.18. The summed E-state index contributed by atoms with van der Waals surface area (Å²) in [7, 11) is 0. The van der Waals surface area contributed by atoms with Crippen LogP contribution in [0.25, 0.3) is 33.4 Å². The van der Waals surface area contributed by atoms with E-state index >= 15 is 0 Å². The minimum Gasteiger partial charge on any atom is -0.117 e. The van der Waals surface area contributed by atoms with Gasteiger partial charge in [-0.25, -0.2) is 0 Å². The van der Waals surface area contributed by atoms with Crippen LogP contribution in [0, 0.1) is 0 Å². The molecule has 1 spiro atoms. The lowest BCUT2D eigenvalue weighted by molar-refractivity contribution is 0.563. The van der Waals surface area contributed by atoms with Gasteiger partial charge in [0, 0.05) is 17.3 Å². The summed E-state index contributed by atoms with van der Waals surface area (Å²) in [6, 6.07) is 49.0. The summed E-state index contributed by atoms with van der Waals surface area (Å²) >= 11 is 0. The van der Waals surface area contributed by atoms with E-state index in [1.165, 1.54) is 89.0 Å². The lowest BCUT2D eigenvalue weighted by Crippen LogP contribution is -2.40. The van der Waals surface area contributed by atoms with Crippen LogP contribution in [0.4, 0.5) is 0 Å². The Kier molecular flexibility index (Phi) is 5.73. The summed E-state index contributed by atoms with van der Waals surface area (Å²) in [4.78, 5) is 0. The van der Waals surface area contributed by atoms with E-state index < -0.39 is 0 Å². The molecule has 0 bridgehead atoms. The molecule has 0 aliphatic heterocycles. The molecule has 0 nitrogen and oxygen atoms in total. The minimum atomic E-state index is -0.355. The molecule has 0 heteroatoms. The number of rotatable bonds is 3. The number of allylic oxidation sites excluding steroid dienone is 3. The molecule has 49 heavy (non-hydrogen) atoms. The first-order valence-corrected chi connectivity index (χ1v) is 17.6. The molecular weight excluding hydrogens is 589 g/mol. The van der Waals surface area contributed by atoms with E-state index in [0.717, 1.165) is 6.42 Å². The van der Waals surface area contributed by atoms with Gasteiger partial charge in [0.2, 0.25) is 0 Å². The van der Waals surface area contributed by atoms with E-state index in [0.29, 0.717) is 0 Å². The summed E-state index contributed by atoms with van der Waals surface area (Å²) in [6.45, 7) is 9.56. The van der Waals surface area contributed by atoms with Crippen molar-refractivity contribution in [2.24, 2.45) is 0 Å². The Balaban J connectivity index is 1.13. The molecule has 0 radical (unpaired) electrons. The zero-order valence-corrected chi connectivity index (χ0v) is 28.6. The highest BCUT2D eigenvalue weighted by Gasteiger charge is 2.53. The van der Waals surface area contributed by atoms with Crippen LogP contribution < -0.4 is 0 Å². The van der Waals surface area contributed by atoms with E-state index in [1.807, 2.05) is 6.08 Å². The summed E-state index contributed by atoms with van der Waals surface area (Å²) in [5.74, 6) is 0. The van der Waals surface area contributed by atoms with Crippen LogP contribution >= 0.6 is 0 Å². The van der Waals surface area contributed by atoms with Crippen LogP contribution in [-0.2, 0) is 22.7 Å². The summed E-state index contributed by atoms with van der Waals surface area (Å²) < 4.78 is 0. The Morgan fingerprint density at radius 2 is 0.980 bits per heavy atom. The second-order valence-corrected chi connectivity index (χ2v) is 15.4. The average Bonchev–Trinajstić information content (AvgIpc) is 3.80. The Morgan fingerprint density at radius 3 is 1.67 bits per heavy atom. The van der Waals surface area contributed by atoms with Crippen LogP contribution in [0.5, 0.6) is 0 Å². The van der Waals surface area contributed by atoms with E-state index in [1.54, 1.807) is 0 Å². The first-order chi connectivity index (χ1) is 23.8. The first kappa shape index (κ1) is 28.6. The SMILES string of the molecule is CC1(C)c2cc(CC3=C=CC=C3)ccc2-c2ccc(-c3ccc4c(c3)-c3ccccc3C43c4ccccc4C(C)(C)c4ccccc43)cc21. The molecule has 0 atom stereocenters. The van der Waals surface area contributed by atoms with E-state index in [2.05, 4.69) is 173 Å². The van der Waals surface area contributed by atoms with Crippen molar-refractivity contribution in [3.8, 4) is 33.4 Å². The maximum atomic E-state index is 3.37. The highest BCUT2D eigenvalue weighted by molar-refractivity contribution is 5.91. The third-order valence-electron chi connectivity index (χ3n) is 12.2. The van der Waals surface area contributed by atoms with E-state index in [-0.39, 0.29) is 16.2 Å². The van der Waals surface area contributed by atoms with Gasteiger partial charge in [0.05, 0.1) is 5.41 Å². The predicted octanol–water partition coefficient (Wildman–Crippen LogP) is 11.9. The molecule has 0 heterocycles. The largest absolute Gasteiger partial charge is 0.117 e. The molecule has 10 rings (SSSR count). The van der Waals surface area contributed by atoms with Crippen molar-refractivity contribution in [2.75, 3.05) is 0 Å². The highest BCUT2D eigenvalue weighted by Crippen LogP contribution is 2.62. The van der Waals surface area contributed by atoms with Gasteiger partial charge in [-0.15, -0.1) is 5.73 Å². The predicted molar refractivity (Wildman–Crippen MR) is 203 cm³/mol.